The van der Waals surface area contributed by atoms with Crippen molar-refractivity contribution in [1.82, 2.24) is 0 Å². The Morgan fingerprint density at radius 2 is 1.44 bits per heavy atom. The molecular formula is C17H35N. The minimum absolute atomic E-state index is 0.162. The maximum Gasteiger partial charge on any atom is 0.0109 e. The van der Waals surface area contributed by atoms with E-state index in [1.807, 2.05) is 0 Å². The van der Waals surface area contributed by atoms with E-state index in [2.05, 4.69) is 68.4 Å². The first-order valence-electron chi connectivity index (χ1n) is 7.27. The van der Waals surface area contributed by atoms with Crippen LogP contribution >= 0.6 is 0 Å². The predicted molar refractivity (Wildman–Crippen MR) is 83.6 cm³/mol. The molecule has 0 aliphatic rings. The molecule has 0 spiro atoms. The Labute approximate surface area is 115 Å². The number of nitrogens with two attached hydrogens (primary N) is 1. The van der Waals surface area contributed by atoms with E-state index in [4.69, 9.17) is 5.73 Å². The van der Waals surface area contributed by atoms with Crippen molar-refractivity contribution in [3.05, 3.63) is 11.6 Å². The third kappa shape index (κ3) is 4.12. The fraction of sp³-hybridized carbons (Fsp3) is 0.882. The molecular weight excluding hydrogens is 218 g/mol. The lowest BCUT2D eigenvalue weighted by molar-refractivity contribution is 0.0986. The Kier molecular flexibility index (Phi) is 5.68. The quantitative estimate of drug-likeness (QED) is 0.684. The first-order valence-corrected chi connectivity index (χ1v) is 7.27. The van der Waals surface area contributed by atoms with Crippen LogP contribution in [0.25, 0.3) is 0 Å². The van der Waals surface area contributed by atoms with Crippen molar-refractivity contribution in [2.24, 2.45) is 27.9 Å². The third-order valence-electron chi connectivity index (χ3n) is 4.41. The summed E-state index contributed by atoms with van der Waals surface area (Å²) in [6.45, 7) is 21.7. The molecule has 0 amide bonds. The summed E-state index contributed by atoms with van der Waals surface area (Å²) >= 11 is 0. The van der Waals surface area contributed by atoms with Gasteiger partial charge >= 0.3 is 0 Å². The summed E-state index contributed by atoms with van der Waals surface area (Å²) < 4.78 is 0. The number of rotatable bonds is 5. The summed E-state index contributed by atoms with van der Waals surface area (Å²) in [6.07, 6.45) is 3.47. The third-order valence-corrected chi connectivity index (χ3v) is 4.41. The van der Waals surface area contributed by atoms with Gasteiger partial charge in [0.2, 0.25) is 0 Å². The lowest BCUT2D eigenvalue weighted by Crippen LogP contribution is -2.39. The Hall–Kier alpha value is -0.300. The van der Waals surface area contributed by atoms with Gasteiger partial charge in [-0.05, 0) is 28.6 Å². The fourth-order valence-electron chi connectivity index (χ4n) is 3.26. The van der Waals surface area contributed by atoms with Gasteiger partial charge in [-0.2, -0.15) is 0 Å². The van der Waals surface area contributed by atoms with Gasteiger partial charge in [-0.3, -0.25) is 0 Å². The zero-order valence-electron chi connectivity index (χ0n) is 14.1. The molecule has 0 aliphatic heterocycles. The highest BCUT2D eigenvalue weighted by molar-refractivity contribution is 5.22. The van der Waals surface area contributed by atoms with Gasteiger partial charge in [-0.25, -0.2) is 0 Å². The van der Waals surface area contributed by atoms with Crippen LogP contribution in [-0.2, 0) is 0 Å². The molecule has 1 heteroatoms. The summed E-state index contributed by atoms with van der Waals surface area (Å²) in [5.74, 6) is 0.721. The minimum Gasteiger partial charge on any atom is -0.327 e. The monoisotopic (exact) mass is 253 g/mol. The second-order valence-electron chi connectivity index (χ2n) is 8.21. The summed E-state index contributed by atoms with van der Waals surface area (Å²) in [5, 5.41) is 0. The molecule has 0 saturated carbocycles. The van der Waals surface area contributed by atoms with Crippen LogP contribution in [-0.4, -0.2) is 6.54 Å². The molecule has 18 heavy (non-hydrogen) atoms. The first kappa shape index (κ1) is 17.7. The van der Waals surface area contributed by atoms with Crippen molar-refractivity contribution >= 4 is 0 Å². The van der Waals surface area contributed by atoms with Gasteiger partial charge in [0.25, 0.3) is 0 Å². The average Bonchev–Trinajstić information content (AvgIpc) is 2.09. The van der Waals surface area contributed by atoms with Crippen molar-refractivity contribution < 1.29 is 0 Å². The zero-order chi connectivity index (χ0) is 14.8. The molecule has 108 valence electrons. The van der Waals surface area contributed by atoms with Crippen LogP contribution in [0.4, 0.5) is 0 Å². The SMILES string of the molecule is CC(C)CC(C)(C)C(C)(C)/C(=C/CN)C(C)(C)C. The van der Waals surface area contributed by atoms with E-state index in [1.54, 1.807) is 0 Å². The van der Waals surface area contributed by atoms with E-state index in [9.17, 15) is 0 Å². The molecule has 0 heterocycles. The number of allylic oxidation sites excluding steroid dienone is 1. The molecule has 0 fully saturated rings. The van der Waals surface area contributed by atoms with Crippen molar-refractivity contribution in [1.29, 1.82) is 0 Å². The molecule has 0 aromatic rings. The van der Waals surface area contributed by atoms with E-state index >= 15 is 0 Å². The highest BCUT2D eigenvalue weighted by atomic mass is 14.5. The lowest BCUT2D eigenvalue weighted by Gasteiger charge is -2.49. The standard InChI is InChI=1S/C17H35N/c1-13(2)12-16(6,7)17(8,9)14(10-11-18)15(3,4)5/h10,13H,11-12,18H2,1-9H3/b14-10+. The minimum atomic E-state index is 0.162. The number of hydrogen-bond donors (Lipinski definition) is 1. The van der Waals surface area contributed by atoms with Crippen LogP contribution in [0.2, 0.25) is 0 Å². The second-order valence-corrected chi connectivity index (χ2v) is 8.21. The molecule has 0 aromatic heterocycles. The smallest absolute Gasteiger partial charge is 0.0109 e. The largest absolute Gasteiger partial charge is 0.327 e. The highest BCUT2D eigenvalue weighted by Gasteiger charge is 2.43. The molecule has 0 unspecified atom stereocenters. The van der Waals surface area contributed by atoms with Gasteiger partial charge in [0.15, 0.2) is 0 Å². The Bertz CT molecular complexity index is 287. The molecule has 0 bridgehead atoms. The second kappa shape index (κ2) is 5.77. The van der Waals surface area contributed by atoms with Crippen LogP contribution in [0.3, 0.4) is 0 Å². The zero-order valence-corrected chi connectivity index (χ0v) is 14.1. The normalized spacial score (nSPS) is 15.4. The summed E-state index contributed by atoms with van der Waals surface area (Å²) in [5.41, 5.74) is 7.89. The van der Waals surface area contributed by atoms with Crippen LogP contribution < -0.4 is 5.73 Å². The average molecular weight is 253 g/mol. The predicted octanol–water partition coefficient (Wildman–Crippen LogP) is 5.02. The maximum absolute atomic E-state index is 5.79. The fourth-order valence-corrected chi connectivity index (χ4v) is 3.26. The Morgan fingerprint density at radius 3 is 1.72 bits per heavy atom. The van der Waals surface area contributed by atoms with Gasteiger partial charge in [0, 0.05) is 6.54 Å². The van der Waals surface area contributed by atoms with Gasteiger partial charge in [-0.15, -0.1) is 0 Å². The molecule has 0 radical (unpaired) electrons. The van der Waals surface area contributed by atoms with Crippen LogP contribution in [0.15, 0.2) is 11.6 Å². The Morgan fingerprint density at radius 1 is 1.00 bits per heavy atom. The van der Waals surface area contributed by atoms with Crippen LogP contribution in [0.5, 0.6) is 0 Å². The van der Waals surface area contributed by atoms with E-state index in [1.165, 1.54) is 12.0 Å². The first-order chi connectivity index (χ1) is 7.86. The van der Waals surface area contributed by atoms with Gasteiger partial charge in [0.1, 0.15) is 0 Å². The van der Waals surface area contributed by atoms with E-state index in [0.29, 0.717) is 6.54 Å². The van der Waals surface area contributed by atoms with Crippen molar-refractivity contribution in [2.45, 2.75) is 68.7 Å². The number of hydrogen-bond acceptors (Lipinski definition) is 1. The van der Waals surface area contributed by atoms with E-state index in [0.717, 1.165) is 5.92 Å². The van der Waals surface area contributed by atoms with Crippen LogP contribution in [0, 0.1) is 22.2 Å². The molecule has 0 aliphatic carbocycles. The molecule has 0 atom stereocenters. The summed E-state index contributed by atoms with van der Waals surface area (Å²) in [4.78, 5) is 0. The molecule has 1 nitrogen and oxygen atoms in total. The molecule has 0 rings (SSSR count). The van der Waals surface area contributed by atoms with Crippen molar-refractivity contribution in [2.75, 3.05) is 6.54 Å². The van der Waals surface area contributed by atoms with Crippen LogP contribution in [0.1, 0.15) is 68.7 Å². The summed E-state index contributed by atoms with van der Waals surface area (Å²) in [6, 6.07) is 0. The topological polar surface area (TPSA) is 26.0 Å². The van der Waals surface area contributed by atoms with E-state index in [-0.39, 0.29) is 16.2 Å². The van der Waals surface area contributed by atoms with Gasteiger partial charge in [0.05, 0.1) is 0 Å². The van der Waals surface area contributed by atoms with Gasteiger partial charge < -0.3 is 5.73 Å². The van der Waals surface area contributed by atoms with Gasteiger partial charge in [-0.1, -0.05) is 74.0 Å². The van der Waals surface area contributed by atoms with E-state index < -0.39 is 0 Å². The van der Waals surface area contributed by atoms with Crippen molar-refractivity contribution in [3.63, 3.8) is 0 Å². The lowest BCUT2D eigenvalue weighted by atomic mass is 9.56. The molecule has 2 N–H and O–H groups in total. The maximum atomic E-state index is 5.79. The van der Waals surface area contributed by atoms with Crippen molar-refractivity contribution in [3.8, 4) is 0 Å². The molecule has 0 aromatic carbocycles. The summed E-state index contributed by atoms with van der Waals surface area (Å²) in [7, 11) is 0. The molecule has 0 saturated heterocycles. The highest BCUT2D eigenvalue weighted by Crippen LogP contribution is 2.52. The Balaban J connectivity index is 5.51.